The molecular formula is C17H16ClN7O3S2. The van der Waals surface area contributed by atoms with Crippen molar-refractivity contribution in [2.75, 3.05) is 6.26 Å². The summed E-state index contributed by atoms with van der Waals surface area (Å²) < 4.78 is 24.9. The average Bonchev–Trinajstić information content (AvgIpc) is 3.17. The third-order valence-electron chi connectivity index (χ3n) is 3.83. The summed E-state index contributed by atoms with van der Waals surface area (Å²) in [5, 5.41) is 15.7. The zero-order valence-electron chi connectivity index (χ0n) is 15.7. The molecular weight excluding hydrogens is 450 g/mol. The van der Waals surface area contributed by atoms with Gasteiger partial charge < -0.3 is 5.32 Å². The first-order valence-electron chi connectivity index (χ1n) is 8.13. The predicted molar refractivity (Wildman–Crippen MR) is 112 cm³/mol. The smallest absolute Gasteiger partial charge is 0.252 e. The Morgan fingerprint density at radius 1 is 1.23 bits per heavy atom. The van der Waals surface area contributed by atoms with E-state index in [0.717, 1.165) is 6.26 Å². The Morgan fingerprint density at radius 3 is 2.50 bits per heavy atom. The van der Waals surface area contributed by atoms with Crippen molar-refractivity contribution < 1.29 is 13.2 Å². The maximum Gasteiger partial charge on any atom is 0.252 e. The Hall–Kier alpha value is -3.01. The number of nitriles is 1. The number of carbonyl (C=O) groups excluding carboxylic acids is 1. The van der Waals surface area contributed by atoms with E-state index in [2.05, 4.69) is 25.4 Å². The highest BCUT2D eigenvalue weighted by Crippen LogP contribution is 2.20. The lowest BCUT2D eigenvalue weighted by atomic mass is 10.2. The van der Waals surface area contributed by atoms with Crippen LogP contribution in [-0.2, 0) is 9.84 Å². The van der Waals surface area contributed by atoms with E-state index in [1.807, 2.05) is 6.07 Å². The van der Waals surface area contributed by atoms with E-state index in [-0.39, 0.29) is 34.9 Å². The first kappa shape index (κ1) is 23.3. The lowest BCUT2D eigenvalue weighted by Crippen LogP contribution is -2.29. The highest BCUT2D eigenvalue weighted by atomic mass is 35.5. The normalized spacial score (nSPS) is 11.8. The highest BCUT2D eigenvalue weighted by molar-refractivity contribution is 7.90. The van der Waals surface area contributed by atoms with Gasteiger partial charge in [-0.25, -0.2) is 23.4 Å². The fourth-order valence-corrected chi connectivity index (χ4v) is 3.42. The predicted octanol–water partition coefficient (Wildman–Crippen LogP) is 1.59. The molecule has 156 valence electrons. The topological polar surface area (TPSA) is 144 Å². The van der Waals surface area contributed by atoms with Crippen molar-refractivity contribution in [1.29, 1.82) is 5.26 Å². The van der Waals surface area contributed by atoms with Gasteiger partial charge in [0.05, 0.1) is 28.9 Å². The third-order valence-corrected chi connectivity index (χ3v) is 5.14. The summed E-state index contributed by atoms with van der Waals surface area (Å²) in [6, 6.07) is 5.19. The number of benzene rings is 1. The number of sulfone groups is 1. The average molecular weight is 466 g/mol. The van der Waals surface area contributed by atoms with E-state index in [0.29, 0.717) is 11.4 Å². The Kier molecular flexibility index (Phi) is 7.14. The molecule has 0 bridgehead atoms. The van der Waals surface area contributed by atoms with Crippen LogP contribution in [0.1, 0.15) is 34.7 Å². The summed E-state index contributed by atoms with van der Waals surface area (Å²) in [4.78, 5) is 24.8. The Morgan fingerprint density at radius 2 is 1.90 bits per heavy atom. The zero-order valence-corrected chi connectivity index (χ0v) is 18.3. The zero-order chi connectivity index (χ0) is 21.2. The molecule has 0 aliphatic rings. The first-order chi connectivity index (χ1) is 13.7. The monoisotopic (exact) mass is 465 g/mol. The fraction of sp³-hybridized carbons (Fsp3) is 0.176. The van der Waals surface area contributed by atoms with Crippen molar-refractivity contribution in [2.24, 2.45) is 0 Å². The van der Waals surface area contributed by atoms with Gasteiger partial charge in [0.2, 0.25) is 0 Å². The Balaban J connectivity index is 0.00000320. The molecule has 1 atom stereocenters. The molecule has 3 aromatic rings. The molecule has 2 heterocycles. The first-order valence-corrected chi connectivity index (χ1v) is 10.4. The van der Waals surface area contributed by atoms with Crippen LogP contribution in [0.15, 0.2) is 41.8 Å². The van der Waals surface area contributed by atoms with Gasteiger partial charge in [-0.2, -0.15) is 28.5 Å². The van der Waals surface area contributed by atoms with E-state index < -0.39 is 21.8 Å². The molecule has 0 unspecified atom stereocenters. The van der Waals surface area contributed by atoms with Gasteiger partial charge in [0.25, 0.3) is 11.9 Å². The summed E-state index contributed by atoms with van der Waals surface area (Å²) in [7, 11) is -3.53. The number of nitrogens with zero attached hydrogens (tertiary/aromatic N) is 6. The van der Waals surface area contributed by atoms with Gasteiger partial charge in [-0.3, -0.25) is 4.79 Å². The molecule has 30 heavy (non-hydrogen) atoms. The third kappa shape index (κ3) is 5.12. The van der Waals surface area contributed by atoms with E-state index >= 15 is 0 Å². The minimum absolute atomic E-state index is 0. The molecule has 0 radical (unpaired) electrons. The lowest BCUT2D eigenvalue weighted by Gasteiger charge is -2.14. The van der Waals surface area contributed by atoms with Gasteiger partial charge in [-0.15, -0.1) is 0 Å². The summed E-state index contributed by atoms with van der Waals surface area (Å²) >= 11 is 5.96. The van der Waals surface area contributed by atoms with Gasteiger partial charge in [-0.05, 0) is 25.1 Å². The number of nitrogens with one attached hydrogen (secondary N) is 1. The van der Waals surface area contributed by atoms with Gasteiger partial charge in [0, 0.05) is 16.8 Å². The molecule has 0 aliphatic carbocycles. The van der Waals surface area contributed by atoms with Crippen molar-refractivity contribution in [3.8, 4) is 12.0 Å². The van der Waals surface area contributed by atoms with E-state index in [1.54, 1.807) is 6.92 Å². The summed E-state index contributed by atoms with van der Waals surface area (Å²) in [6.07, 6.45) is 5.00. The number of halogens is 1. The minimum Gasteiger partial charge on any atom is -0.342 e. The number of amides is 1. The van der Waals surface area contributed by atoms with Crippen LogP contribution in [0.25, 0.3) is 5.95 Å². The molecule has 0 saturated heterocycles. The van der Waals surface area contributed by atoms with Gasteiger partial charge in [-0.1, -0.05) is 11.6 Å². The maximum absolute atomic E-state index is 12.6. The van der Waals surface area contributed by atoms with Crippen LogP contribution in [0.3, 0.4) is 0 Å². The van der Waals surface area contributed by atoms with Crippen LogP contribution >= 0.6 is 25.1 Å². The van der Waals surface area contributed by atoms with Gasteiger partial charge >= 0.3 is 0 Å². The summed E-state index contributed by atoms with van der Waals surface area (Å²) in [6.45, 7) is 1.67. The van der Waals surface area contributed by atoms with Crippen LogP contribution in [0.2, 0.25) is 5.02 Å². The van der Waals surface area contributed by atoms with Crippen molar-refractivity contribution in [3.05, 3.63) is 58.9 Å². The number of carbonyl (C=O) groups is 1. The maximum atomic E-state index is 12.6. The van der Waals surface area contributed by atoms with Crippen molar-refractivity contribution in [1.82, 2.24) is 30.0 Å². The molecule has 0 aliphatic heterocycles. The number of rotatable bonds is 5. The molecule has 2 aromatic heterocycles. The van der Waals surface area contributed by atoms with E-state index in [4.69, 9.17) is 16.9 Å². The van der Waals surface area contributed by atoms with Crippen LogP contribution < -0.4 is 5.32 Å². The molecule has 3 rings (SSSR count). The highest BCUT2D eigenvalue weighted by Gasteiger charge is 2.20. The molecule has 1 N–H and O–H groups in total. The molecule has 1 aromatic carbocycles. The van der Waals surface area contributed by atoms with E-state index in [9.17, 15) is 13.2 Å². The molecule has 0 fully saturated rings. The van der Waals surface area contributed by atoms with Gasteiger partial charge in [0.1, 0.15) is 12.4 Å². The minimum atomic E-state index is -3.53. The molecule has 0 saturated carbocycles. The second-order valence-electron chi connectivity index (χ2n) is 6.06. The van der Waals surface area contributed by atoms with Gasteiger partial charge in [0.15, 0.2) is 15.7 Å². The van der Waals surface area contributed by atoms with Crippen LogP contribution in [0, 0.1) is 11.3 Å². The second-order valence-corrected chi connectivity index (χ2v) is 8.51. The molecule has 0 spiro atoms. The second kappa shape index (κ2) is 9.21. The largest absolute Gasteiger partial charge is 0.342 e. The van der Waals surface area contributed by atoms with Crippen LogP contribution in [0.5, 0.6) is 0 Å². The summed E-state index contributed by atoms with van der Waals surface area (Å²) in [5.41, 5.74) is 0.380. The summed E-state index contributed by atoms with van der Waals surface area (Å²) in [5.74, 6) is -0.0201. The van der Waals surface area contributed by atoms with Crippen LogP contribution in [-0.4, -0.2) is 45.3 Å². The molecule has 10 nitrogen and oxygen atoms in total. The standard InChI is InChI=1S/C17H14ClN7O3S.H2S/c1-10(15-22-9-23-25(15)17-20-7-11(6-19)8-21-17)24-16(26)12-3-13(18)5-14(4-12)29(2,27)28;/h3-5,7-10H,1-2H3,(H,24,26);1H2/t10-;/m1./s1. The number of hydrogen-bond donors (Lipinski definition) is 1. The van der Waals surface area contributed by atoms with Crippen molar-refractivity contribution in [3.63, 3.8) is 0 Å². The fourth-order valence-electron chi connectivity index (χ4n) is 2.44. The van der Waals surface area contributed by atoms with Crippen LogP contribution in [0.4, 0.5) is 0 Å². The van der Waals surface area contributed by atoms with E-state index in [1.165, 1.54) is 41.6 Å². The van der Waals surface area contributed by atoms with Crippen molar-refractivity contribution in [2.45, 2.75) is 17.9 Å². The quantitative estimate of drug-likeness (QED) is 0.598. The molecule has 1 amide bonds. The Labute approximate surface area is 184 Å². The Bertz CT molecular complexity index is 1220. The number of aromatic nitrogens is 5. The lowest BCUT2D eigenvalue weighted by molar-refractivity contribution is 0.0937. The SMILES string of the molecule is C[C@@H](NC(=O)c1cc(Cl)cc(S(C)(=O)=O)c1)c1ncnn1-c1ncc(C#N)cn1.S. The molecule has 13 heteroatoms. The van der Waals surface area contributed by atoms with Crippen molar-refractivity contribution >= 4 is 40.8 Å². The number of hydrogen-bond acceptors (Lipinski definition) is 8.